The molecule has 4 heteroatoms. The number of rotatable bonds is 6. The monoisotopic (exact) mass is 263 g/mol. The summed E-state index contributed by atoms with van der Waals surface area (Å²) in [6.07, 6.45) is 1.02. The molecule has 4 nitrogen and oxygen atoms in total. The van der Waals surface area contributed by atoms with Crippen LogP contribution in [0.3, 0.4) is 0 Å². The lowest BCUT2D eigenvalue weighted by molar-refractivity contribution is -0.140. The van der Waals surface area contributed by atoms with Crippen LogP contribution in [0.15, 0.2) is 24.3 Å². The summed E-state index contributed by atoms with van der Waals surface area (Å²) in [6, 6.07) is 8.15. The molecule has 1 N–H and O–H groups in total. The minimum Gasteiger partial charge on any atom is -0.469 e. The highest BCUT2D eigenvalue weighted by atomic mass is 16.5. The van der Waals surface area contributed by atoms with Gasteiger partial charge in [0.1, 0.15) is 0 Å². The van der Waals surface area contributed by atoms with Crippen LogP contribution in [0, 0.1) is 6.92 Å². The summed E-state index contributed by atoms with van der Waals surface area (Å²) in [7, 11) is 1.39. The Kier molecular flexibility index (Phi) is 6.06. The van der Waals surface area contributed by atoms with Gasteiger partial charge in [-0.25, -0.2) is 0 Å². The second-order valence-corrected chi connectivity index (χ2v) is 4.66. The zero-order chi connectivity index (χ0) is 14.3. The van der Waals surface area contributed by atoms with E-state index < -0.39 is 0 Å². The van der Waals surface area contributed by atoms with Gasteiger partial charge in [-0.15, -0.1) is 0 Å². The number of amides is 1. The van der Waals surface area contributed by atoms with E-state index in [0.29, 0.717) is 19.4 Å². The van der Waals surface area contributed by atoms with E-state index in [1.54, 1.807) is 0 Å². The van der Waals surface area contributed by atoms with Crippen molar-refractivity contribution in [2.45, 2.75) is 32.6 Å². The first kappa shape index (κ1) is 15.2. The minimum absolute atomic E-state index is 0.0600. The molecule has 0 bridgehead atoms. The van der Waals surface area contributed by atoms with Crippen molar-refractivity contribution in [1.82, 2.24) is 5.32 Å². The zero-order valence-corrected chi connectivity index (χ0v) is 11.7. The highest BCUT2D eigenvalue weighted by molar-refractivity contribution is 5.73. The molecule has 19 heavy (non-hydrogen) atoms. The Labute approximate surface area is 114 Å². The van der Waals surface area contributed by atoms with Crippen molar-refractivity contribution in [1.29, 1.82) is 0 Å². The fourth-order valence-corrected chi connectivity index (χ4v) is 1.89. The Morgan fingerprint density at radius 3 is 2.42 bits per heavy atom. The van der Waals surface area contributed by atoms with Crippen molar-refractivity contribution in [3.63, 3.8) is 0 Å². The molecular weight excluding hydrogens is 242 g/mol. The van der Waals surface area contributed by atoms with Gasteiger partial charge in [0, 0.05) is 25.8 Å². The summed E-state index contributed by atoms with van der Waals surface area (Å²) in [5, 5.41) is 2.81. The normalized spacial score (nSPS) is 11.7. The van der Waals surface area contributed by atoms with Gasteiger partial charge in [-0.1, -0.05) is 29.8 Å². The molecule has 0 radical (unpaired) electrons. The second-order valence-electron chi connectivity index (χ2n) is 4.66. The smallest absolute Gasteiger partial charge is 0.305 e. The molecule has 0 heterocycles. The summed E-state index contributed by atoms with van der Waals surface area (Å²) in [4.78, 5) is 22.3. The van der Waals surface area contributed by atoms with Gasteiger partial charge in [-0.2, -0.15) is 0 Å². The van der Waals surface area contributed by atoms with E-state index in [2.05, 4.69) is 10.1 Å². The number of carbonyl (C=O) groups is 2. The molecule has 0 spiro atoms. The first-order valence-corrected chi connectivity index (χ1v) is 6.40. The standard InChI is InChI=1S/C15H21NO3/c1-11-4-6-13(7-5-11)14(10-16-12(2)17)8-9-15(18)19-3/h4-7,14H,8-10H2,1-3H3,(H,16,17). The van der Waals surface area contributed by atoms with Gasteiger partial charge in [0.25, 0.3) is 0 Å². The summed E-state index contributed by atoms with van der Waals surface area (Å²) in [6.45, 7) is 4.06. The minimum atomic E-state index is -0.222. The van der Waals surface area contributed by atoms with Gasteiger partial charge in [0.2, 0.25) is 5.91 Å². The highest BCUT2D eigenvalue weighted by Gasteiger charge is 2.14. The molecule has 0 aromatic heterocycles. The number of benzene rings is 1. The quantitative estimate of drug-likeness (QED) is 0.800. The summed E-state index contributed by atoms with van der Waals surface area (Å²) < 4.78 is 4.65. The first-order chi connectivity index (χ1) is 9.02. The fraction of sp³-hybridized carbons (Fsp3) is 0.467. The summed E-state index contributed by atoms with van der Waals surface area (Å²) in [5.74, 6) is -0.154. The van der Waals surface area contributed by atoms with E-state index in [9.17, 15) is 9.59 Å². The molecule has 1 aromatic rings. The maximum absolute atomic E-state index is 11.2. The number of nitrogens with one attached hydrogen (secondary N) is 1. The van der Waals surface area contributed by atoms with Gasteiger partial charge < -0.3 is 10.1 Å². The van der Waals surface area contributed by atoms with E-state index in [1.807, 2.05) is 31.2 Å². The van der Waals surface area contributed by atoms with Crippen molar-refractivity contribution in [3.8, 4) is 0 Å². The summed E-state index contributed by atoms with van der Waals surface area (Å²) in [5.41, 5.74) is 2.32. The SMILES string of the molecule is COC(=O)CCC(CNC(C)=O)c1ccc(C)cc1. The van der Waals surface area contributed by atoms with E-state index in [4.69, 9.17) is 0 Å². The predicted molar refractivity (Wildman–Crippen MR) is 73.9 cm³/mol. The third-order valence-corrected chi connectivity index (χ3v) is 3.07. The lowest BCUT2D eigenvalue weighted by Crippen LogP contribution is -2.26. The largest absolute Gasteiger partial charge is 0.469 e. The molecule has 1 amide bonds. The Bertz CT molecular complexity index is 426. The van der Waals surface area contributed by atoms with Gasteiger partial charge in [-0.05, 0) is 18.9 Å². The van der Waals surface area contributed by atoms with Gasteiger partial charge >= 0.3 is 5.97 Å². The van der Waals surface area contributed by atoms with Crippen LogP contribution in [0.1, 0.15) is 36.8 Å². The van der Waals surface area contributed by atoms with Crippen LogP contribution in [0.5, 0.6) is 0 Å². The number of hydrogen-bond acceptors (Lipinski definition) is 3. The van der Waals surface area contributed by atoms with Crippen LogP contribution in [-0.2, 0) is 14.3 Å². The van der Waals surface area contributed by atoms with E-state index in [-0.39, 0.29) is 17.8 Å². The molecule has 1 aromatic carbocycles. The lowest BCUT2D eigenvalue weighted by Gasteiger charge is -2.17. The molecule has 0 fully saturated rings. The maximum atomic E-state index is 11.2. The van der Waals surface area contributed by atoms with Gasteiger partial charge in [0.05, 0.1) is 7.11 Å². The molecule has 1 atom stereocenters. The second kappa shape index (κ2) is 7.56. The van der Waals surface area contributed by atoms with Crippen LogP contribution in [0.4, 0.5) is 0 Å². The Morgan fingerprint density at radius 2 is 1.89 bits per heavy atom. The number of hydrogen-bond donors (Lipinski definition) is 1. The van der Waals surface area contributed by atoms with Crippen LogP contribution in [0.25, 0.3) is 0 Å². The third-order valence-electron chi connectivity index (χ3n) is 3.07. The van der Waals surface area contributed by atoms with Gasteiger partial charge in [-0.3, -0.25) is 9.59 Å². The molecule has 104 valence electrons. The Balaban J connectivity index is 2.70. The molecule has 0 saturated heterocycles. The number of aryl methyl sites for hydroxylation is 1. The average molecular weight is 263 g/mol. The average Bonchev–Trinajstić information content (AvgIpc) is 2.39. The molecule has 0 saturated carbocycles. The molecule has 0 aliphatic heterocycles. The fourth-order valence-electron chi connectivity index (χ4n) is 1.89. The van der Waals surface area contributed by atoms with E-state index in [0.717, 1.165) is 5.56 Å². The molecular formula is C15H21NO3. The molecule has 0 aliphatic rings. The third kappa shape index (κ3) is 5.55. The Morgan fingerprint density at radius 1 is 1.26 bits per heavy atom. The van der Waals surface area contributed by atoms with E-state index >= 15 is 0 Å². The van der Waals surface area contributed by atoms with Crippen molar-refractivity contribution in [3.05, 3.63) is 35.4 Å². The summed E-state index contributed by atoms with van der Waals surface area (Å²) >= 11 is 0. The van der Waals surface area contributed by atoms with Crippen molar-refractivity contribution in [2.75, 3.05) is 13.7 Å². The number of carbonyl (C=O) groups excluding carboxylic acids is 2. The van der Waals surface area contributed by atoms with Crippen molar-refractivity contribution < 1.29 is 14.3 Å². The van der Waals surface area contributed by atoms with Crippen LogP contribution >= 0.6 is 0 Å². The van der Waals surface area contributed by atoms with Crippen LogP contribution < -0.4 is 5.32 Å². The number of methoxy groups -OCH3 is 1. The number of ether oxygens (including phenoxy) is 1. The zero-order valence-electron chi connectivity index (χ0n) is 11.7. The Hall–Kier alpha value is -1.84. The topological polar surface area (TPSA) is 55.4 Å². The highest BCUT2D eigenvalue weighted by Crippen LogP contribution is 2.21. The molecule has 1 rings (SSSR count). The molecule has 0 aliphatic carbocycles. The van der Waals surface area contributed by atoms with Crippen LogP contribution in [-0.4, -0.2) is 25.5 Å². The predicted octanol–water partition coefficient (Wildman–Crippen LogP) is 2.17. The van der Waals surface area contributed by atoms with Crippen molar-refractivity contribution >= 4 is 11.9 Å². The number of esters is 1. The lowest BCUT2D eigenvalue weighted by atomic mass is 9.93. The van der Waals surface area contributed by atoms with E-state index in [1.165, 1.54) is 19.6 Å². The molecule has 1 unspecified atom stereocenters. The maximum Gasteiger partial charge on any atom is 0.305 e. The van der Waals surface area contributed by atoms with Crippen LogP contribution in [0.2, 0.25) is 0 Å². The first-order valence-electron chi connectivity index (χ1n) is 6.40. The van der Waals surface area contributed by atoms with Crippen molar-refractivity contribution in [2.24, 2.45) is 0 Å². The van der Waals surface area contributed by atoms with Gasteiger partial charge in [0.15, 0.2) is 0 Å².